The van der Waals surface area contributed by atoms with Gasteiger partial charge in [0, 0.05) is 20.7 Å². The van der Waals surface area contributed by atoms with Gasteiger partial charge in [-0.25, -0.2) is 0 Å². The number of aryl methyl sites for hydroxylation is 2. The Morgan fingerprint density at radius 1 is 1.67 bits per heavy atom. The number of carbonyl (C=O) groups is 1. The van der Waals surface area contributed by atoms with Crippen LogP contribution in [0.3, 0.4) is 0 Å². The number of hydrogen-bond acceptors (Lipinski definition) is 3. The maximum atomic E-state index is 11.9. The van der Waals surface area contributed by atoms with Crippen molar-refractivity contribution >= 4 is 17.5 Å². The van der Waals surface area contributed by atoms with Crippen molar-refractivity contribution < 1.29 is 9.53 Å². The minimum Gasteiger partial charge on any atom is -0.383 e. The van der Waals surface area contributed by atoms with E-state index in [1.807, 2.05) is 13.0 Å². The van der Waals surface area contributed by atoms with Gasteiger partial charge < -0.3 is 10.1 Å². The van der Waals surface area contributed by atoms with E-state index in [-0.39, 0.29) is 11.3 Å². The summed E-state index contributed by atoms with van der Waals surface area (Å²) in [5, 5.41) is 6.98. The molecule has 1 amide bonds. The Kier molecular flexibility index (Phi) is 6.15. The van der Waals surface area contributed by atoms with Crippen molar-refractivity contribution in [3.05, 3.63) is 17.5 Å². The molecule has 1 aromatic rings. The van der Waals surface area contributed by atoms with E-state index in [2.05, 4.69) is 10.4 Å². The van der Waals surface area contributed by atoms with Gasteiger partial charge in [-0.2, -0.15) is 5.10 Å². The predicted molar refractivity (Wildman–Crippen MR) is 71.1 cm³/mol. The maximum absolute atomic E-state index is 11.9. The van der Waals surface area contributed by atoms with E-state index >= 15 is 0 Å². The number of halogens is 1. The molecular formula is C12H20ClN3O2. The monoisotopic (exact) mass is 273 g/mol. The molecule has 0 spiro atoms. The first-order chi connectivity index (χ1) is 8.58. The number of amides is 1. The first-order valence-electron chi connectivity index (χ1n) is 6.02. The van der Waals surface area contributed by atoms with Gasteiger partial charge in [0.15, 0.2) is 0 Å². The normalized spacial score (nSPS) is 12.4. The molecule has 6 heteroatoms. The van der Waals surface area contributed by atoms with E-state index in [0.717, 1.165) is 12.1 Å². The molecule has 0 bridgehead atoms. The number of carbonyl (C=O) groups excluding carboxylic acids is 1. The fourth-order valence-corrected chi connectivity index (χ4v) is 1.84. The maximum Gasteiger partial charge on any atom is 0.269 e. The van der Waals surface area contributed by atoms with E-state index in [1.165, 1.54) is 0 Å². The summed E-state index contributed by atoms with van der Waals surface area (Å²) >= 11 is 5.97. The lowest BCUT2D eigenvalue weighted by molar-refractivity contribution is 0.0942. The molecule has 0 aromatic carbocycles. The van der Waals surface area contributed by atoms with Crippen LogP contribution in [-0.4, -0.2) is 41.3 Å². The SMILES string of the molecule is CCc1cc(C(=O)NCCC(Cl)COC)n(C)n1. The molecule has 0 aliphatic carbocycles. The van der Waals surface area contributed by atoms with Crippen LogP contribution in [0.1, 0.15) is 29.5 Å². The zero-order valence-electron chi connectivity index (χ0n) is 11.1. The van der Waals surface area contributed by atoms with Crippen molar-refractivity contribution in [3.63, 3.8) is 0 Å². The van der Waals surface area contributed by atoms with Crippen LogP contribution in [-0.2, 0) is 18.2 Å². The second-order valence-corrected chi connectivity index (χ2v) is 4.71. The van der Waals surface area contributed by atoms with Crippen molar-refractivity contribution in [1.29, 1.82) is 0 Å². The Bertz CT molecular complexity index is 393. The molecule has 0 saturated carbocycles. The molecule has 1 aromatic heterocycles. The Morgan fingerprint density at radius 2 is 2.39 bits per heavy atom. The predicted octanol–water partition coefficient (Wildman–Crippen LogP) is 1.36. The van der Waals surface area contributed by atoms with Crippen molar-refractivity contribution in [2.24, 2.45) is 7.05 Å². The van der Waals surface area contributed by atoms with Gasteiger partial charge in [0.2, 0.25) is 0 Å². The lowest BCUT2D eigenvalue weighted by Crippen LogP contribution is -2.28. The lowest BCUT2D eigenvalue weighted by Gasteiger charge is -2.09. The third kappa shape index (κ3) is 4.31. The van der Waals surface area contributed by atoms with Gasteiger partial charge in [0.05, 0.1) is 17.7 Å². The van der Waals surface area contributed by atoms with Crippen molar-refractivity contribution in [3.8, 4) is 0 Å². The number of nitrogens with zero attached hydrogens (tertiary/aromatic N) is 2. The highest BCUT2D eigenvalue weighted by Crippen LogP contribution is 2.05. The minimum absolute atomic E-state index is 0.0759. The summed E-state index contributed by atoms with van der Waals surface area (Å²) < 4.78 is 6.52. The number of nitrogens with one attached hydrogen (secondary N) is 1. The van der Waals surface area contributed by atoms with Crippen molar-refractivity contribution in [2.45, 2.75) is 25.1 Å². The van der Waals surface area contributed by atoms with Gasteiger partial charge in [-0.1, -0.05) is 6.92 Å². The molecule has 1 rings (SSSR count). The standard InChI is InChI=1S/C12H20ClN3O2/c1-4-10-7-11(16(2)15-10)12(17)14-6-5-9(13)8-18-3/h7,9H,4-6,8H2,1-3H3,(H,14,17). The molecule has 0 radical (unpaired) electrons. The summed E-state index contributed by atoms with van der Waals surface area (Å²) in [6, 6.07) is 1.81. The fourth-order valence-electron chi connectivity index (χ4n) is 1.61. The number of ether oxygens (including phenoxy) is 1. The Hall–Kier alpha value is -1.07. The molecule has 1 N–H and O–H groups in total. The van der Waals surface area contributed by atoms with Crippen LogP contribution in [0.5, 0.6) is 0 Å². The van der Waals surface area contributed by atoms with E-state index in [9.17, 15) is 4.79 Å². The van der Waals surface area contributed by atoms with Crippen molar-refractivity contribution in [2.75, 3.05) is 20.3 Å². The van der Waals surface area contributed by atoms with Gasteiger partial charge in [0.1, 0.15) is 5.69 Å². The van der Waals surface area contributed by atoms with Crippen LogP contribution in [0.2, 0.25) is 0 Å². The Balaban J connectivity index is 2.43. The topological polar surface area (TPSA) is 56.1 Å². The van der Waals surface area contributed by atoms with Crippen LogP contribution in [0.15, 0.2) is 6.07 Å². The highest BCUT2D eigenvalue weighted by Gasteiger charge is 2.12. The highest BCUT2D eigenvalue weighted by molar-refractivity contribution is 6.20. The summed E-state index contributed by atoms with van der Waals surface area (Å²) in [6.07, 6.45) is 1.50. The van der Waals surface area contributed by atoms with Gasteiger partial charge in [-0.15, -0.1) is 11.6 Å². The Morgan fingerprint density at radius 3 is 2.94 bits per heavy atom. The molecule has 0 aliphatic heterocycles. The van der Waals surface area contributed by atoms with Crippen LogP contribution < -0.4 is 5.32 Å². The zero-order valence-corrected chi connectivity index (χ0v) is 11.8. The van der Waals surface area contributed by atoms with Crippen LogP contribution in [0, 0.1) is 0 Å². The number of rotatable bonds is 7. The highest BCUT2D eigenvalue weighted by atomic mass is 35.5. The summed E-state index contributed by atoms with van der Waals surface area (Å²) in [5.41, 5.74) is 1.49. The van der Waals surface area contributed by atoms with Crippen LogP contribution in [0.4, 0.5) is 0 Å². The molecule has 1 heterocycles. The van der Waals surface area contributed by atoms with E-state index in [4.69, 9.17) is 16.3 Å². The number of aromatic nitrogens is 2. The third-order valence-electron chi connectivity index (χ3n) is 2.62. The molecule has 5 nitrogen and oxygen atoms in total. The molecule has 0 fully saturated rings. The van der Waals surface area contributed by atoms with Gasteiger partial charge >= 0.3 is 0 Å². The second kappa shape index (κ2) is 7.38. The molecule has 18 heavy (non-hydrogen) atoms. The summed E-state index contributed by atoms with van der Waals surface area (Å²) in [6.45, 7) is 3.03. The summed E-state index contributed by atoms with van der Waals surface area (Å²) in [7, 11) is 3.37. The number of hydrogen-bond donors (Lipinski definition) is 1. The molecule has 102 valence electrons. The average Bonchev–Trinajstić information content (AvgIpc) is 2.71. The quantitative estimate of drug-likeness (QED) is 0.763. The van der Waals surface area contributed by atoms with Gasteiger partial charge in [0.25, 0.3) is 5.91 Å². The molecule has 0 saturated heterocycles. The largest absolute Gasteiger partial charge is 0.383 e. The molecule has 0 aliphatic rings. The fraction of sp³-hybridized carbons (Fsp3) is 0.667. The third-order valence-corrected chi connectivity index (χ3v) is 2.96. The van der Waals surface area contributed by atoms with Gasteiger partial charge in [-0.05, 0) is 18.9 Å². The second-order valence-electron chi connectivity index (χ2n) is 4.10. The average molecular weight is 274 g/mol. The van der Waals surface area contributed by atoms with Crippen LogP contribution in [0.25, 0.3) is 0 Å². The Labute approximate surface area is 112 Å². The van der Waals surface area contributed by atoms with Crippen molar-refractivity contribution in [1.82, 2.24) is 15.1 Å². The van der Waals surface area contributed by atoms with E-state index in [1.54, 1.807) is 18.8 Å². The van der Waals surface area contributed by atoms with Gasteiger partial charge in [-0.3, -0.25) is 9.48 Å². The lowest BCUT2D eigenvalue weighted by atomic mass is 10.3. The summed E-state index contributed by atoms with van der Waals surface area (Å²) in [5.74, 6) is -0.119. The zero-order chi connectivity index (χ0) is 13.5. The molecule has 1 atom stereocenters. The van der Waals surface area contributed by atoms with Crippen LogP contribution >= 0.6 is 11.6 Å². The number of methoxy groups -OCH3 is 1. The first-order valence-corrected chi connectivity index (χ1v) is 6.46. The van der Waals surface area contributed by atoms with E-state index in [0.29, 0.717) is 25.3 Å². The first kappa shape index (κ1) is 15.0. The molecule has 1 unspecified atom stereocenters. The minimum atomic E-state index is -0.119. The summed E-state index contributed by atoms with van der Waals surface area (Å²) in [4.78, 5) is 11.9. The number of alkyl halides is 1. The van der Waals surface area contributed by atoms with E-state index < -0.39 is 0 Å². The molecular weight excluding hydrogens is 254 g/mol. The smallest absolute Gasteiger partial charge is 0.269 e.